The van der Waals surface area contributed by atoms with Gasteiger partial charge < -0.3 is 30.0 Å². The van der Waals surface area contributed by atoms with E-state index in [0.717, 1.165) is 40.1 Å². The molecule has 1 unspecified atom stereocenters. The van der Waals surface area contributed by atoms with Gasteiger partial charge in [-0.2, -0.15) is 0 Å². The first-order valence-corrected chi connectivity index (χ1v) is 15.5. The molecule has 1 aromatic carbocycles. The van der Waals surface area contributed by atoms with Gasteiger partial charge in [-0.3, -0.25) is 4.79 Å². The van der Waals surface area contributed by atoms with Crippen LogP contribution in [0.2, 0.25) is 0 Å². The minimum absolute atomic E-state index is 0.0755. The van der Waals surface area contributed by atoms with Crippen LogP contribution in [0.1, 0.15) is 56.3 Å². The first-order valence-electron chi connectivity index (χ1n) is 14.6. The SMILES string of the molecule is COCC(=O)N[C@@H](Cc1cccc(-c2nccs2)c1)[C@H](O)CN[C@H]1CC2(CCOC2)Oc2ncc(CC(C)(C)C)cc21. The average molecular weight is 595 g/mol. The van der Waals surface area contributed by atoms with Crippen LogP contribution in [0.5, 0.6) is 5.88 Å². The van der Waals surface area contributed by atoms with E-state index in [1.807, 2.05) is 29.8 Å². The maximum absolute atomic E-state index is 12.6. The van der Waals surface area contributed by atoms with Crippen LogP contribution < -0.4 is 15.4 Å². The van der Waals surface area contributed by atoms with E-state index in [0.29, 0.717) is 31.9 Å². The molecule has 226 valence electrons. The van der Waals surface area contributed by atoms with E-state index in [4.69, 9.17) is 19.2 Å². The zero-order valence-electron chi connectivity index (χ0n) is 24.9. The third-order valence-electron chi connectivity index (χ3n) is 7.72. The number of amides is 1. The molecule has 1 spiro atoms. The predicted octanol–water partition coefficient (Wildman–Crippen LogP) is 4.10. The van der Waals surface area contributed by atoms with Crippen molar-refractivity contribution in [1.82, 2.24) is 20.6 Å². The van der Waals surface area contributed by atoms with Crippen molar-refractivity contribution in [3.63, 3.8) is 0 Å². The molecule has 10 heteroatoms. The Hall–Kier alpha value is -2.89. The van der Waals surface area contributed by atoms with Crippen molar-refractivity contribution in [1.29, 1.82) is 0 Å². The molecule has 1 amide bonds. The van der Waals surface area contributed by atoms with E-state index in [-0.39, 0.29) is 30.5 Å². The molecule has 2 aliphatic rings. The van der Waals surface area contributed by atoms with Gasteiger partial charge in [-0.1, -0.05) is 39.0 Å². The summed E-state index contributed by atoms with van der Waals surface area (Å²) in [6, 6.07) is 9.65. The number of aliphatic hydroxyl groups is 1. The number of aromatic nitrogens is 2. The summed E-state index contributed by atoms with van der Waals surface area (Å²) in [4.78, 5) is 21.7. The van der Waals surface area contributed by atoms with Gasteiger partial charge in [-0.15, -0.1) is 11.3 Å². The molecule has 1 saturated heterocycles. The van der Waals surface area contributed by atoms with Gasteiger partial charge >= 0.3 is 0 Å². The molecule has 4 heterocycles. The Balaban J connectivity index is 1.34. The quantitative estimate of drug-likeness (QED) is 0.304. The van der Waals surface area contributed by atoms with E-state index in [1.54, 1.807) is 17.5 Å². The molecule has 0 bridgehead atoms. The number of nitrogens with one attached hydrogen (secondary N) is 2. The van der Waals surface area contributed by atoms with E-state index in [9.17, 15) is 9.90 Å². The van der Waals surface area contributed by atoms with Crippen LogP contribution in [0, 0.1) is 5.41 Å². The molecule has 2 aromatic heterocycles. The fourth-order valence-corrected chi connectivity index (χ4v) is 6.45. The minimum atomic E-state index is -0.859. The van der Waals surface area contributed by atoms with Crippen molar-refractivity contribution in [2.75, 3.05) is 33.5 Å². The minimum Gasteiger partial charge on any atom is -0.468 e. The average Bonchev–Trinajstić information content (AvgIpc) is 3.64. The summed E-state index contributed by atoms with van der Waals surface area (Å²) in [6.45, 7) is 8.01. The fourth-order valence-electron chi connectivity index (χ4n) is 5.82. The molecular formula is C32H42N4O5S. The van der Waals surface area contributed by atoms with Crippen molar-refractivity contribution in [3.05, 3.63) is 64.8 Å². The Morgan fingerprint density at radius 1 is 1.26 bits per heavy atom. The number of thiazole rings is 1. The summed E-state index contributed by atoms with van der Waals surface area (Å²) >= 11 is 1.58. The second-order valence-corrected chi connectivity index (χ2v) is 13.5. The highest BCUT2D eigenvalue weighted by molar-refractivity contribution is 7.13. The van der Waals surface area contributed by atoms with Crippen LogP contribution in [0.25, 0.3) is 10.6 Å². The summed E-state index contributed by atoms with van der Waals surface area (Å²) in [5.41, 5.74) is 3.85. The van der Waals surface area contributed by atoms with E-state index < -0.39 is 17.7 Å². The number of fused-ring (bicyclic) bond motifs is 1. The molecule has 5 rings (SSSR count). The van der Waals surface area contributed by atoms with Crippen LogP contribution in [0.3, 0.4) is 0 Å². The number of carbonyl (C=O) groups excluding carboxylic acids is 1. The van der Waals surface area contributed by atoms with Crippen molar-refractivity contribution in [3.8, 4) is 16.5 Å². The summed E-state index contributed by atoms with van der Waals surface area (Å²) in [5.74, 6) is 0.354. The summed E-state index contributed by atoms with van der Waals surface area (Å²) < 4.78 is 17.2. The number of rotatable bonds is 11. The van der Waals surface area contributed by atoms with Gasteiger partial charge in [0.05, 0.1) is 25.4 Å². The third kappa shape index (κ3) is 7.73. The first-order chi connectivity index (χ1) is 20.1. The number of nitrogens with zero attached hydrogens (tertiary/aromatic N) is 2. The smallest absolute Gasteiger partial charge is 0.246 e. The summed E-state index contributed by atoms with van der Waals surface area (Å²) in [5, 5.41) is 21.0. The highest BCUT2D eigenvalue weighted by Gasteiger charge is 2.45. The van der Waals surface area contributed by atoms with Crippen molar-refractivity contribution >= 4 is 17.2 Å². The Morgan fingerprint density at radius 2 is 2.12 bits per heavy atom. The molecule has 0 radical (unpaired) electrons. The molecule has 2 aliphatic heterocycles. The van der Waals surface area contributed by atoms with Crippen molar-refractivity contribution in [2.24, 2.45) is 5.41 Å². The second-order valence-electron chi connectivity index (χ2n) is 12.6. The van der Waals surface area contributed by atoms with Crippen LogP contribution in [-0.2, 0) is 27.1 Å². The van der Waals surface area contributed by atoms with Gasteiger partial charge in [0.1, 0.15) is 17.2 Å². The van der Waals surface area contributed by atoms with Crippen LogP contribution >= 0.6 is 11.3 Å². The number of carbonyl (C=O) groups is 1. The third-order valence-corrected chi connectivity index (χ3v) is 8.55. The van der Waals surface area contributed by atoms with Crippen molar-refractivity contribution < 1.29 is 24.1 Å². The van der Waals surface area contributed by atoms with Gasteiger partial charge in [0.2, 0.25) is 11.8 Å². The number of hydrogen-bond acceptors (Lipinski definition) is 9. The van der Waals surface area contributed by atoms with Gasteiger partial charge in [-0.05, 0) is 41.5 Å². The monoisotopic (exact) mass is 594 g/mol. The van der Waals surface area contributed by atoms with E-state index in [2.05, 4.69) is 48.5 Å². The molecule has 0 saturated carbocycles. The number of hydrogen-bond donors (Lipinski definition) is 3. The van der Waals surface area contributed by atoms with Gasteiger partial charge in [0.15, 0.2) is 0 Å². The summed E-state index contributed by atoms with van der Waals surface area (Å²) in [7, 11) is 1.48. The zero-order valence-corrected chi connectivity index (χ0v) is 25.7. The number of pyridine rings is 1. The van der Waals surface area contributed by atoms with Gasteiger partial charge in [0, 0.05) is 61.4 Å². The van der Waals surface area contributed by atoms with Crippen LogP contribution in [-0.4, -0.2) is 72.2 Å². The number of ether oxygens (including phenoxy) is 3. The standard InChI is InChI=1S/C32H42N4O5S/c1-31(2,3)15-22-13-24-26(16-32(8-10-40-20-32)41-29(24)35-17-22)34-18-27(37)25(36-28(38)19-39-4)14-21-6-5-7-23(12-21)30-33-9-11-42-30/h5-7,9,11-13,17,25-27,34,37H,8,10,14-16,18-20H2,1-4H3,(H,36,38)/t25-,26-,27+,32?/m0/s1. The Bertz CT molecular complexity index is 1340. The topological polar surface area (TPSA) is 115 Å². The normalized spacial score (nSPS) is 21.5. The lowest BCUT2D eigenvalue weighted by atomic mass is 9.85. The Labute approximate surface area is 252 Å². The van der Waals surface area contributed by atoms with Gasteiger partial charge in [-0.25, -0.2) is 9.97 Å². The van der Waals surface area contributed by atoms with Crippen LogP contribution in [0.15, 0.2) is 48.1 Å². The zero-order chi connectivity index (χ0) is 29.7. The fraction of sp³-hybridized carbons (Fsp3) is 0.531. The Kier molecular flexibility index (Phi) is 9.59. The molecule has 4 atom stereocenters. The predicted molar refractivity (Wildman–Crippen MR) is 163 cm³/mol. The lowest BCUT2D eigenvalue weighted by Crippen LogP contribution is -2.51. The largest absolute Gasteiger partial charge is 0.468 e. The highest BCUT2D eigenvalue weighted by Crippen LogP contribution is 2.43. The first kappa shape index (κ1) is 30.6. The lowest BCUT2D eigenvalue weighted by molar-refractivity contribution is -0.126. The van der Waals surface area contributed by atoms with Crippen molar-refractivity contribution in [2.45, 2.75) is 70.2 Å². The van der Waals surface area contributed by atoms with Gasteiger partial charge in [0.25, 0.3) is 0 Å². The van der Waals surface area contributed by atoms with E-state index >= 15 is 0 Å². The molecule has 3 N–H and O–H groups in total. The molecule has 9 nitrogen and oxygen atoms in total. The maximum atomic E-state index is 12.6. The Morgan fingerprint density at radius 3 is 2.83 bits per heavy atom. The second kappa shape index (κ2) is 13.2. The lowest BCUT2D eigenvalue weighted by Gasteiger charge is -2.39. The summed E-state index contributed by atoms with van der Waals surface area (Å²) in [6.07, 6.45) is 5.69. The maximum Gasteiger partial charge on any atom is 0.246 e. The number of benzene rings is 1. The van der Waals surface area contributed by atoms with Crippen LogP contribution in [0.4, 0.5) is 0 Å². The van der Waals surface area contributed by atoms with E-state index in [1.165, 1.54) is 7.11 Å². The molecule has 0 aliphatic carbocycles. The molecule has 42 heavy (non-hydrogen) atoms. The molecule has 3 aromatic rings. The number of methoxy groups -OCH3 is 1. The molecular weight excluding hydrogens is 552 g/mol. The highest BCUT2D eigenvalue weighted by atomic mass is 32.1. The molecule has 1 fully saturated rings. The number of aliphatic hydroxyl groups excluding tert-OH is 1.